The third kappa shape index (κ3) is 4.48. The highest BCUT2D eigenvalue weighted by molar-refractivity contribution is 7.22. The van der Waals surface area contributed by atoms with Gasteiger partial charge in [0.25, 0.3) is 0 Å². The van der Waals surface area contributed by atoms with Gasteiger partial charge in [0.2, 0.25) is 0 Å². The molecular formula is C42H26N2S. The summed E-state index contributed by atoms with van der Waals surface area (Å²) < 4.78 is 1.26. The van der Waals surface area contributed by atoms with Crippen LogP contribution in [0.5, 0.6) is 0 Å². The molecule has 0 saturated heterocycles. The minimum Gasteiger partial charge on any atom is -0.228 e. The maximum Gasteiger partial charge on any atom is 0.160 e. The van der Waals surface area contributed by atoms with Gasteiger partial charge in [0.05, 0.1) is 16.3 Å². The van der Waals surface area contributed by atoms with E-state index in [2.05, 4.69) is 140 Å². The van der Waals surface area contributed by atoms with Crippen LogP contribution >= 0.6 is 11.3 Å². The van der Waals surface area contributed by atoms with Crippen molar-refractivity contribution in [2.24, 2.45) is 0 Å². The first-order valence-electron chi connectivity index (χ1n) is 15.2. The molecule has 2 nitrogen and oxygen atoms in total. The Kier molecular flexibility index (Phi) is 6.03. The van der Waals surface area contributed by atoms with E-state index in [0.29, 0.717) is 0 Å². The van der Waals surface area contributed by atoms with Crippen LogP contribution in [0.3, 0.4) is 0 Å². The first-order valence-corrected chi connectivity index (χ1v) is 16.0. The molecule has 0 atom stereocenters. The first-order chi connectivity index (χ1) is 22.3. The highest BCUT2D eigenvalue weighted by Gasteiger charge is 2.15. The average molecular weight is 591 g/mol. The molecule has 0 radical (unpaired) electrons. The van der Waals surface area contributed by atoms with Crippen LogP contribution in [0.2, 0.25) is 0 Å². The van der Waals surface area contributed by atoms with Gasteiger partial charge in [-0.2, -0.15) is 0 Å². The molecule has 7 aromatic carbocycles. The summed E-state index contributed by atoms with van der Waals surface area (Å²) in [5.41, 5.74) is 6.38. The van der Waals surface area contributed by atoms with Crippen molar-refractivity contribution in [3.05, 3.63) is 158 Å². The Bertz CT molecular complexity index is 2500. The van der Waals surface area contributed by atoms with Crippen molar-refractivity contribution in [1.82, 2.24) is 9.97 Å². The molecule has 3 heteroatoms. The van der Waals surface area contributed by atoms with Crippen LogP contribution < -0.4 is 0 Å². The summed E-state index contributed by atoms with van der Waals surface area (Å²) in [6, 6.07) is 56.3. The van der Waals surface area contributed by atoms with Gasteiger partial charge in [-0.25, -0.2) is 9.97 Å². The van der Waals surface area contributed by atoms with E-state index in [1.54, 1.807) is 11.3 Å². The summed E-state index contributed by atoms with van der Waals surface area (Å²) in [6.45, 7) is 0. The van der Waals surface area contributed by atoms with Crippen molar-refractivity contribution in [3.63, 3.8) is 0 Å². The van der Waals surface area contributed by atoms with Gasteiger partial charge in [0.15, 0.2) is 5.82 Å². The van der Waals surface area contributed by atoms with Crippen LogP contribution in [0.15, 0.2) is 158 Å². The smallest absolute Gasteiger partial charge is 0.160 e. The fourth-order valence-electron chi connectivity index (χ4n) is 6.48. The predicted molar refractivity (Wildman–Crippen MR) is 192 cm³/mol. The fraction of sp³-hybridized carbons (Fsp3) is 0. The lowest BCUT2D eigenvalue weighted by atomic mass is 9.89. The molecule has 45 heavy (non-hydrogen) atoms. The van der Waals surface area contributed by atoms with E-state index in [0.717, 1.165) is 33.2 Å². The number of hydrogen-bond donors (Lipinski definition) is 0. The summed E-state index contributed by atoms with van der Waals surface area (Å²) in [4.78, 5) is 11.3. The van der Waals surface area contributed by atoms with Crippen molar-refractivity contribution in [2.75, 3.05) is 0 Å². The Morgan fingerprint density at radius 3 is 1.87 bits per heavy atom. The third-order valence-electron chi connectivity index (χ3n) is 8.68. The molecule has 0 amide bonds. The number of hydrogen-bond acceptors (Lipinski definition) is 3. The summed E-state index contributed by atoms with van der Waals surface area (Å²) >= 11 is 1.77. The molecule has 0 saturated carbocycles. The number of rotatable bonds is 4. The van der Waals surface area contributed by atoms with Gasteiger partial charge in [-0.1, -0.05) is 133 Å². The van der Waals surface area contributed by atoms with Gasteiger partial charge < -0.3 is 0 Å². The molecule has 0 N–H and O–H groups in total. The van der Waals surface area contributed by atoms with Crippen LogP contribution in [0, 0.1) is 0 Å². The van der Waals surface area contributed by atoms with Crippen molar-refractivity contribution < 1.29 is 0 Å². The van der Waals surface area contributed by atoms with E-state index in [-0.39, 0.29) is 0 Å². The lowest BCUT2D eigenvalue weighted by Gasteiger charge is -2.14. The lowest BCUT2D eigenvalue weighted by molar-refractivity contribution is 1.19. The zero-order valence-electron chi connectivity index (χ0n) is 24.3. The van der Waals surface area contributed by atoms with E-state index in [1.165, 1.54) is 53.5 Å². The van der Waals surface area contributed by atoms with Crippen LogP contribution in [0.25, 0.3) is 86.7 Å². The Balaban J connectivity index is 1.21. The number of thiophene rings is 1. The average Bonchev–Trinajstić information content (AvgIpc) is 3.56. The summed E-state index contributed by atoms with van der Waals surface area (Å²) in [5.74, 6) is 0.733. The minimum atomic E-state index is 0.733. The van der Waals surface area contributed by atoms with Gasteiger partial charge in [-0.05, 0) is 73.1 Å². The van der Waals surface area contributed by atoms with Crippen LogP contribution in [-0.2, 0) is 0 Å². The van der Waals surface area contributed by atoms with E-state index in [1.807, 2.05) is 18.2 Å². The molecule has 0 spiro atoms. The van der Waals surface area contributed by atoms with Crippen molar-refractivity contribution in [3.8, 4) is 44.3 Å². The second-order valence-corrected chi connectivity index (χ2v) is 12.5. The standard InChI is InChI=1S/C42H26N2S/c1-2-11-30(12-3-1)42-43-37(26-38(44-42)40-25-32-14-6-9-17-39(32)45-40)28-18-20-29(21-19-28)41-34-16-8-5-13-31(34)24-36-33-15-7-4-10-27(33)22-23-35(36)41/h1-26H. The van der Waals surface area contributed by atoms with Crippen molar-refractivity contribution in [1.29, 1.82) is 0 Å². The van der Waals surface area contributed by atoms with Gasteiger partial charge in [-0.3, -0.25) is 0 Å². The third-order valence-corrected chi connectivity index (χ3v) is 9.81. The molecule has 2 heterocycles. The van der Waals surface area contributed by atoms with Gasteiger partial charge in [-0.15, -0.1) is 11.3 Å². The van der Waals surface area contributed by atoms with Crippen LogP contribution in [-0.4, -0.2) is 9.97 Å². The Hall–Kier alpha value is -5.64. The number of fused-ring (bicyclic) bond motifs is 5. The zero-order chi connectivity index (χ0) is 29.7. The van der Waals surface area contributed by atoms with E-state index >= 15 is 0 Å². The molecule has 210 valence electrons. The predicted octanol–water partition coefficient (Wildman–Crippen LogP) is 11.8. The van der Waals surface area contributed by atoms with Crippen molar-refractivity contribution in [2.45, 2.75) is 0 Å². The SMILES string of the molecule is c1ccc(-c2nc(-c3ccc(-c4c5ccccc5cc5c4ccc4ccccc45)cc3)cc(-c3cc4ccccc4s3)n2)cc1. The summed E-state index contributed by atoms with van der Waals surface area (Å²) in [6.07, 6.45) is 0. The molecule has 9 rings (SSSR count). The second kappa shape index (κ2) is 10.5. The largest absolute Gasteiger partial charge is 0.228 e. The highest BCUT2D eigenvalue weighted by Crippen LogP contribution is 2.40. The Morgan fingerprint density at radius 1 is 0.378 bits per heavy atom. The summed E-state index contributed by atoms with van der Waals surface area (Å²) in [7, 11) is 0. The maximum atomic E-state index is 5.08. The van der Waals surface area contributed by atoms with Crippen LogP contribution in [0.4, 0.5) is 0 Å². The molecule has 2 aromatic heterocycles. The quantitative estimate of drug-likeness (QED) is 0.150. The first kappa shape index (κ1) is 25.8. The van der Waals surface area contributed by atoms with Crippen LogP contribution in [0.1, 0.15) is 0 Å². The molecule has 0 bridgehead atoms. The molecule has 0 aliphatic heterocycles. The Labute approximate surface area is 264 Å². The molecule has 0 aliphatic carbocycles. The molecular weight excluding hydrogens is 565 g/mol. The number of benzene rings is 7. The van der Waals surface area contributed by atoms with Gasteiger partial charge >= 0.3 is 0 Å². The fourth-order valence-corrected chi connectivity index (χ4v) is 7.51. The molecule has 0 fully saturated rings. The Morgan fingerprint density at radius 2 is 1.04 bits per heavy atom. The van der Waals surface area contributed by atoms with E-state index in [9.17, 15) is 0 Å². The monoisotopic (exact) mass is 590 g/mol. The normalized spacial score (nSPS) is 11.6. The highest BCUT2D eigenvalue weighted by atomic mass is 32.1. The lowest BCUT2D eigenvalue weighted by Crippen LogP contribution is -1.95. The van der Waals surface area contributed by atoms with Gasteiger partial charge in [0, 0.05) is 15.8 Å². The maximum absolute atomic E-state index is 5.08. The number of nitrogens with zero attached hydrogens (tertiary/aromatic N) is 2. The zero-order valence-corrected chi connectivity index (χ0v) is 25.1. The second-order valence-electron chi connectivity index (χ2n) is 11.4. The van der Waals surface area contributed by atoms with Gasteiger partial charge in [0.1, 0.15) is 0 Å². The number of aromatic nitrogens is 2. The summed E-state index contributed by atoms with van der Waals surface area (Å²) in [5, 5.41) is 8.82. The molecule has 0 unspecified atom stereocenters. The molecule has 9 aromatic rings. The molecule has 0 aliphatic rings. The minimum absolute atomic E-state index is 0.733. The van der Waals surface area contributed by atoms with E-state index in [4.69, 9.17) is 9.97 Å². The topological polar surface area (TPSA) is 25.8 Å². The van der Waals surface area contributed by atoms with Crippen molar-refractivity contribution >= 4 is 53.7 Å². The van der Waals surface area contributed by atoms with E-state index < -0.39 is 0 Å².